The Morgan fingerprint density at radius 1 is 0.323 bits per heavy atom. The molecule has 0 spiro atoms. The van der Waals surface area contributed by atoms with Crippen molar-refractivity contribution in [3.05, 3.63) is 144 Å². The average molecular weight is 1030 g/mol. The SMILES string of the molecule is O.O.O.O.O.O.O.O.O=C([O-])c1cc(C(=O)[O-])cc(C(=O)[O-])c1.O=C([O-])c1cc(C(=O)[O-])cc(C(=O)[O-])c1.[Zn+2].[Zn+2].[Zn+2].c1cn(-c2cc(-n3ccnc3)cc(-n3ccnc3)c2)cn1. The molecule has 0 radical (unpaired) electrons. The maximum absolute atomic E-state index is 10.4. The van der Waals surface area contributed by atoms with Crippen molar-refractivity contribution in [2.45, 2.75) is 0 Å². The van der Waals surface area contributed by atoms with Crippen LogP contribution in [0, 0.1) is 0 Å². The van der Waals surface area contributed by atoms with Crippen molar-refractivity contribution in [3.8, 4) is 17.1 Å². The summed E-state index contributed by atoms with van der Waals surface area (Å²) in [5, 5.41) is 62.5. The Hall–Kier alpha value is -6.34. The summed E-state index contributed by atoms with van der Waals surface area (Å²) in [6, 6.07) is 10.7. The molecule has 322 valence electrons. The van der Waals surface area contributed by atoms with Gasteiger partial charge < -0.3 is 117 Å². The van der Waals surface area contributed by atoms with Gasteiger partial charge in [0.1, 0.15) is 0 Å². The molecule has 16 N–H and O–H groups in total. The smallest absolute Gasteiger partial charge is 0.545 e. The monoisotopic (exact) mass is 1030 g/mol. The number of benzene rings is 3. The van der Waals surface area contributed by atoms with E-state index in [4.69, 9.17) is 0 Å². The minimum atomic E-state index is -1.68. The summed E-state index contributed by atoms with van der Waals surface area (Å²) >= 11 is 0. The molecule has 0 atom stereocenters. The average Bonchev–Trinajstić information content (AvgIpc) is 3.93. The second kappa shape index (κ2) is 33.4. The molecule has 3 aromatic carbocycles. The summed E-state index contributed by atoms with van der Waals surface area (Å²) < 4.78 is 5.92. The van der Waals surface area contributed by atoms with Crippen molar-refractivity contribution in [2.24, 2.45) is 0 Å². The summed E-state index contributed by atoms with van der Waals surface area (Å²) in [4.78, 5) is 74.8. The van der Waals surface area contributed by atoms with Crippen LogP contribution in [0.15, 0.2) is 111 Å². The van der Waals surface area contributed by atoms with Gasteiger partial charge >= 0.3 is 58.4 Å². The van der Waals surface area contributed by atoms with E-state index in [9.17, 15) is 59.4 Å². The molecule has 0 fully saturated rings. The topological polar surface area (TPSA) is 546 Å². The number of rotatable bonds is 9. The van der Waals surface area contributed by atoms with Gasteiger partial charge in [-0.25, -0.2) is 15.0 Å². The fourth-order valence-corrected chi connectivity index (χ4v) is 4.22. The Morgan fingerprint density at radius 3 is 0.597 bits per heavy atom. The fraction of sp³-hybridized carbons (Fsp3) is 0. The predicted molar refractivity (Wildman–Crippen MR) is 186 cm³/mol. The van der Waals surface area contributed by atoms with Crippen LogP contribution in [0.25, 0.3) is 17.1 Å². The van der Waals surface area contributed by atoms with Crippen LogP contribution in [0.2, 0.25) is 0 Å². The van der Waals surface area contributed by atoms with E-state index in [-0.39, 0.29) is 102 Å². The quantitative estimate of drug-likeness (QED) is 0.121. The predicted octanol–water partition coefficient (Wildman–Crippen LogP) is -10.8. The van der Waals surface area contributed by atoms with Crippen molar-refractivity contribution in [1.29, 1.82) is 0 Å². The third-order valence-electron chi connectivity index (χ3n) is 6.58. The largest absolute Gasteiger partial charge is 2.00 e. The molecular formula is C33H34N6O20Zn3. The number of hydrogen-bond acceptors (Lipinski definition) is 15. The van der Waals surface area contributed by atoms with E-state index >= 15 is 0 Å². The first kappa shape index (κ1) is 73.2. The van der Waals surface area contributed by atoms with Gasteiger partial charge in [0.15, 0.2) is 0 Å². The molecule has 26 nitrogen and oxygen atoms in total. The molecule has 0 aliphatic carbocycles. The molecule has 0 saturated carbocycles. The van der Waals surface area contributed by atoms with E-state index in [0.29, 0.717) is 0 Å². The van der Waals surface area contributed by atoms with E-state index < -0.39 is 69.2 Å². The van der Waals surface area contributed by atoms with E-state index in [1.165, 1.54) is 0 Å². The summed E-state index contributed by atoms with van der Waals surface area (Å²) in [5.41, 5.74) is -0.266. The molecule has 0 aliphatic heterocycles. The molecule has 0 bridgehead atoms. The second-order valence-electron chi connectivity index (χ2n) is 9.94. The van der Waals surface area contributed by atoms with Crippen LogP contribution >= 0.6 is 0 Å². The zero-order valence-electron chi connectivity index (χ0n) is 31.6. The van der Waals surface area contributed by atoms with Crippen LogP contribution < -0.4 is 30.6 Å². The molecule has 29 heteroatoms. The minimum Gasteiger partial charge on any atom is -0.545 e. The molecule has 0 aliphatic rings. The Labute approximate surface area is 385 Å². The van der Waals surface area contributed by atoms with Crippen molar-refractivity contribution >= 4 is 35.8 Å². The molecule has 0 amide bonds. The molecule has 0 unspecified atom stereocenters. The summed E-state index contributed by atoms with van der Waals surface area (Å²) in [5.74, 6) is -10.1. The van der Waals surface area contributed by atoms with Gasteiger partial charge in [-0.3, -0.25) is 0 Å². The maximum atomic E-state index is 10.4. The molecular weight excluding hydrogens is 997 g/mol. The van der Waals surface area contributed by atoms with Gasteiger partial charge in [-0.1, -0.05) is 0 Å². The van der Waals surface area contributed by atoms with Gasteiger partial charge in [0, 0.05) is 37.2 Å². The van der Waals surface area contributed by atoms with E-state index in [0.717, 1.165) is 53.5 Å². The molecule has 3 aromatic heterocycles. The number of aromatic nitrogens is 6. The zero-order valence-corrected chi connectivity index (χ0v) is 40.5. The Bertz CT molecular complexity index is 1890. The minimum absolute atomic E-state index is 0. The van der Waals surface area contributed by atoms with Gasteiger partial charge in [0.25, 0.3) is 0 Å². The molecule has 0 saturated heterocycles. The van der Waals surface area contributed by atoms with Crippen molar-refractivity contribution in [2.75, 3.05) is 0 Å². The molecule has 62 heavy (non-hydrogen) atoms. The molecule has 3 heterocycles. The molecule has 6 aromatic rings. The van der Waals surface area contributed by atoms with E-state index in [2.05, 4.69) is 33.2 Å². The van der Waals surface area contributed by atoms with Crippen LogP contribution in [0.1, 0.15) is 62.1 Å². The van der Waals surface area contributed by atoms with Crippen LogP contribution in [0.5, 0.6) is 0 Å². The normalized spacial score (nSPS) is 8.32. The van der Waals surface area contributed by atoms with E-state index in [1.54, 1.807) is 37.6 Å². The fourth-order valence-electron chi connectivity index (χ4n) is 4.22. The molecule has 6 rings (SSSR count). The first-order valence-electron chi connectivity index (χ1n) is 13.9. The van der Waals surface area contributed by atoms with Crippen LogP contribution in [0.4, 0.5) is 0 Å². The number of imidazole rings is 3. The van der Waals surface area contributed by atoms with E-state index in [1.807, 2.05) is 32.3 Å². The second-order valence-corrected chi connectivity index (χ2v) is 9.94. The third kappa shape index (κ3) is 19.8. The van der Waals surface area contributed by atoms with Crippen molar-refractivity contribution < 1.29 is 162 Å². The first-order valence-corrected chi connectivity index (χ1v) is 13.9. The standard InChI is InChI=1S/C15H12N6.2C9H6O6.8H2O.3Zn/c1-4-19(10-16-1)13-7-14(20-5-2-17-11-20)9-15(8-13)21-6-3-18-12-21;2*10-7(11)4-1-5(8(12)13)3-6(2-4)9(14)15;;;;;;;;;;;/h1-12H;2*1-3H,(H,10,11)(H,12,13)(H,14,15);8*1H2;;;/q;;;;;;;;;;;3*+2/p-6. The van der Waals surface area contributed by atoms with Gasteiger partial charge in [0.2, 0.25) is 0 Å². The van der Waals surface area contributed by atoms with Crippen molar-refractivity contribution in [3.63, 3.8) is 0 Å². The Morgan fingerprint density at radius 2 is 0.484 bits per heavy atom. The maximum Gasteiger partial charge on any atom is 2.00 e. The zero-order chi connectivity index (χ0) is 37.2. The number of carbonyl (C=O) groups is 6. The Balaban J connectivity index is -0.000000110. The van der Waals surface area contributed by atoms with Gasteiger partial charge in [-0.2, -0.15) is 0 Å². The summed E-state index contributed by atoms with van der Waals surface area (Å²) in [7, 11) is 0. The first-order chi connectivity index (χ1) is 24.2. The van der Waals surface area contributed by atoms with Gasteiger partial charge in [0.05, 0.1) is 71.9 Å². The third-order valence-corrected chi connectivity index (χ3v) is 6.58. The van der Waals surface area contributed by atoms with Crippen LogP contribution in [-0.4, -0.2) is 108 Å². The van der Waals surface area contributed by atoms with Crippen molar-refractivity contribution in [1.82, 2.24) is 28.7 Å². The number of carboxylic acid groups (broad SMARTS) is 6. The summed E-state index contributed by atoms with van der Waals surface area (Å²) in [6.45, 7) is 0. The number of hydrogen-bond donors (Lipinski definition) is 0. The number of nitrogens with zero attached hydrogens (tertiary/aromatic N) is 6. The number of aromatic carboxylic acids is 6. The number of carbonyl (C=O) groups excluding carboxylic acids is 6. The number of carboxylic acids is 6. The van der Waals surface area contributed by atoms with Crippen LogP contribution in [0.3, 0.4) is 0 Å². The van der Waals surface area contributed by atoms with Gasteiger partial charge in [-0.05, 0) is 88.0 Å². The summed E-state index contributed by atoms with van der Waals surface area (Å²) in [6.07, 6.45) is 16.4. The van der Waals surface area contributed by atoms with Gasteiger partial charge in [-0.15, -0.1) is 0 Å². The van der Waals surface area contributed by atoms with Crippen LogP contribution in [-0.2, 0) is 58.4 Å². The Kier molecular flexibility index (Phi) is 39.4.